The molecular formula is C15H17Cl2N3O. The van der Waals surface area contributed by atoms with E-state index < -0.39 is 0 Å². The molecule has 1 atom stereocenters. The lowest BCUT2D eigenvalue weighted by atomic mass is 10.3. The highest BCUT2D eigenvalue weighted by molar-refractivity contribution is 6.35. The van der Waals surface area contributed by atoms with Crippen LogP contribution in [0.2, 0.25) is 5.02 Å². The van der Waals surface area contributed by atoms with Gasteiger partial charge in [-0.3, -0.25) is 4.79 Å². The van der Waals surface area contributed by atoms with Crippen LogP contribution in [0.4, 0.5) is 0 Å². The number of rotatable bonds is 5. The second-order valence-electron chi connectivity index (χ2n) is 5.41. The molecule has 1 saturated carbocycles. The van der Waals surface area contributed by atoms with Crippen LogP contribution in [0.15, 0.2) is 18.2 Å². The van der Waals surface area contributed by atoms with E-state index in [1.807, 2.05) is 29.7 Å². The first-order chi connectivity index (χ1) is 10.1. The molecule has 1 heterocycles. The molecule has 1 unspecified atom stereocenters. The summed E-state index contributed by atoms with van der Waals surface area (Å²) in [5, 5.41) is 3.39. The van der Waals surface area contributed by atoms with Crippen molar-refractivity contribution in [2.75, 3.05) is 6.54 Å². The van der Waals surface area contributed by atoms with Crippen LogP contribution >= 0.6 is 23.2 Å². The van der Waals surface area contributed by atoms with E-state index in [1.165, 1.54) is 0 Å². The Morgan fingerprint density at radius 3 is 2.95 bits per heavy atom. The number of amides is 1. The van der Waals surface area contributed by atoms with E-state index in [1.54, 1.807) is 0 Å². The predicted molar refractivity (Wildman–Crippen MR) is 84.7 cm³/mol. The summed E-state index contributed by atoms with van der Waals surface area (Å²) in [4.78, 5) is 16.2. The summed E-state index contributed by atoms with van der Waals surface area (Å²) in [6.07, 6.45) is 2.02. The Balaban J connectivity index is 1.84. The second kappa shape index (κ2) is 5.85. The number of benzene rings is 1. The van der Waals surface area contributed by atoms with Gasteiger partial charge in [-0.2, -0.15) is 0 Å². The molecule has 1 amide bonds. The van der Waals surface area contributed by atoms with Crippen LogP contribution < -0.4 is 5.32 Å². The maximum atomic E-state index is 11.7. The first-order valence-corrected chi connectivity index (χ1v) is 7.96. The number of carbonyl (C=O) groups excluding carboxylic acids is 1. The van der Waals surface area contributed by atoms with Crippen LogP contribution in [0.3, 0.4) is 0 Å². The van der Waals surface area contributed by atoms with Crippen LogP contribution in [-0.2, 0) is 11.3 Å². The number of carbonyl (C=O) groups is 1. The van der Waals surface area contributed by atoms with Crippen molar-refractivity contribution >= 4 is 40.1 Å². The summed E-state index contributed by atoms with van der Waals surface area (Å²) in [6, 6.07) is 5.64. The molecule has 1 aromatic heterocycles. The van der Waals surface area contributed by atoms with Gasteiger partial charge in [-0.05, 0) is 31.9 Å². The van der Waals surface area contributed by atoms with Crippen LogP contribution in [0.25, 0.3) is 11.0 Å². The molecule has 4 nitrogen and oxygen atoms in total. The number of hydrogen-bond acceptors (Lipinski definition) is 2. The zero-order valence-corrected chi connectivity index (χ0v) is 13.3. The lowest BCUT2D eigenvalue weighted by Crippen LogP contribution is -2.28. The summed E-state index contributed by atoms with van der Waals surface area (Å²) >= 11 is 12.5. The number of hydrogen-bond donors (Lipinski definition) is 1. The lowest BCUT2D eigenvalue weighted by Gasteiger charge is -2.12. The second-order valence-corrected chi connectivity index (χ2v) is 6.47. The van der Waals surface area contributed by atoms with Gasteiger partial charge >= 0.3 is 0 Å². The Bertz CT molecular complexity index is 677. The lowest BCUT2D eigenvalue weighted by molar-refractivity contribution is -0.122. The molecule has 1 aromatic carbocycles. The maximum absolute atomic E-state index is 11.7. The highest BCUT2D eigenvalue weighted by atomic mass is 35.5. The first-order valence-electron chi connectivity index (χ1n) is 7.14. The quantitative estimate of drug-likeness (QED) is 0.855. The average molecular weight is 326 g/mol. The largest absolute Gasteiger partial charge is 0.354 e. The molecule has 3 rings (SSSR count). The molecular weight excluding hydrogens is 309 g/mol. The van der Waals surface area contributed by atoms with E-state index in [2.05, 4.69) is 10.3 Å². The smallest absolute Gasteiger partial charge is 0.223 e. The Morgan fingerprint density at radius 1 is 1.52 bits per heavy atom. The van der Waals surface area contributed by atoms with Crippen molar-refractivity contribution in [2.24, 2.45) is 5.92 Å². The maximum Gasteiger partial charge on any atom is 0.223 e. The third-order valence-corrected chi connectivity index (χ3v) is 4.19. The van der Waals surface area contributed by atoms with Crippen molar-refractivity contribution in [3.05, 3.63) is 29.0 Å². The number of nitrogens with zero attached hydrogens (tertiary/aromatic N) is 2. The van der Waals surface area contributed by atoms with Gasteiger partial charge in [0.05, 0.1) is 21.4 Å². The van der Waals surface area contributed by atoms with Gasteiger partial charge in [0.15, 0.2) is 0 Å². The van der Waals surface area contributed by atoms with Crippen LogP contribution in [0, 0.1) is 5.92 Å². The molecule has 1 aliphatic carbocycles. The minimum absolute atomic E-state index is 0.144. The van der Waals surface area contributed by atoms with Crippen molar-refractivity contribution in [2.45, 2.75) is 31.7 Å². The summed E-state index contributed by atoms with van der Waals surface area (Å²) in [5.41, 5.74) is 1.71. The molecule has 2 aromatic rings. The first kappa shape index (κ1) is 14.7. The minimum atomic E-state index is -0.215. The highest BCUT2D eigenvalue weighted by Crippen LogP contribution is 2.30. The van der Waals surface area contributed by atoms with Crippen molar-refractivity contribution in [3.8, 4) is 0 Å². The Hall–Kier alpha value is -1.26. The van der Waals surface area contributed by atoms with Gasteiger partial charge in [-0.25, -0.2) is 4.98 Å². The van der Waals surface area contributed by atoms with E-state index in [4.69, 9.17) is 23.2 Å². The zero-order valence-electron chi connectivity index (χ0n) is 11.8. The molecule has 0 spiro atoms. The third-order valence-electron chi connectivity index (χ3n) is 3.69. The number of para-hydroxylation sites is 1. The van der Waals surface area contributed by atoms with E-state index in [9.17, 15) is 4.79 Å². The van der Waals surface area contributed by atoms with E-state index in [0.29, 0.717) is 18.1 Å². The van der Waals surface area contributed by atoms with Crippen LogP contribution in [0.5, 0.6) is 0 Å². The van der Waals surface area contributed by atoms with E-state index in [0.717, 1.165) is 29.7 Å². The van der Waals surface area contributed by atoms with Crippen LogP contribution in [-0.4, -0.2) is 22.0 Å². The van der Waals surface area contributed by atoms with Crippen molar-refractivity contribution < 1.29 is 4.79 Å². The number of alkyl halides is 1. The summed E-state index contributed by atoms with van der Waals surface area (Å²) in [6.45, 7) is 3.06. The summed E-state index contributed by atoms with van der Waals surface area (Å²) in [7, 11) is 0. The summed E-state index contributed by atoms with van der Waals surface area (Å²) in [5.74, 6) is 1.14. The number of aromatic nitrogens is 2. The summed E-state index contributed by atoms with van der Waals surface area (Å²) < 4.78 is 2.00. The molecule has 0 bridgehead atoms. The number of nitrogens with one attached hydrogen (secondary N) is 1. The molecule has 1 fully saturated rings. The van der Waals surface area contributed by atoms with Crippen molar-refractivity contribution in [3.63, 3.8) is 0 Å². The topological polar surface area (TPSA) is 46.9 Å². The molecule has 21 heavy (non-hydrogen) atoms. The van der Waals surface area contributed by atoms with E-state index in [-0.39, 0.29) is 17.2 Å². The zero-order chi connectivity index (χ0) is 15.0. The monoisotopic (exact) mass is 325 g/mol. The van der Waals surface area contributed by atoms with Gasteiger partial charge in [0, 0.05) is 19.0 Å². The van der Waals surface area contributed by atoms with Crippen molar-refractivity contribution in [1.82, 2.24) is 14.9 Å². The fourth-order valence-corrected chi connectivity index (χ4v) is 2.91. The van der Waals surface area contributed by atoms with Gasteiger partial charge < -0.3 is 9.88 Å². The molecule has 1 N–H and O–H groups in total. The Morgan fingerprint density at radius 2 is 2.29 bits per heavy atom. The average Bonchev–Trinajstić information content (AvgIpc) is 3.21. The van der Waals surface area contributed by atoms with Gasteiger partial charge in [0.25, 0.3) is 0 Å². The molecule has 1 aliphatic rings. The predicted octanol–water partition coefficient (Wildman–Crippen LogP) is 3.52. The molecule has 0 saturated heterocycles. The minimum Gasteiger partial charge on any atom is -0.354 e. The number of halogens is 2. The molecule has 0 aliphatic heterocycles. The third kappa shape index (κ3) is 3.01. The highest BCUT2D eigenvalue weighted by Gasteiger charge is 2.29. The Kier molecular flexibility index (Phi) is 4.09. The molecule has 0 radical (unpaired) electrons. The van der Waals surface area contributed by atoms with Gasteiger partial charge in [0.1, 0.15) is 5.82 Å². The van der Waals surface area contributed by atoms with Gasteiger partial charge in [0.2, 0.25) is 5.91 Å². The fraction of sp³-hybridized carbons (Fsp3) is 0.467. The van der Waals surface area contributed by atoms with Crippen molar-refractivity contribution in [1.29, 1.82) is 0 Å². The molecule has 6 heteroatoms. The SMILES string of the molecule is CC(Cl)c1nc2cccc(Cl)c2n1CCNC(=O)C1CC1. The Labute approximate surface area is 133 Å². The normalized spacial score (nSPS) is 16.1. The van der Waals surface area contributed by atoms with Crippen LogP contribution in [0.1, 0.15) is 31.0 Å². The van der Waals surface area contributed by atoms with Gasteiger partial charge in [-0.15, -0.1) is 11.6 Å². The molecule has 112 valence electrons. The number of fused-ring (bicyclic) bond motifs is 1. The van der Waals surface area contributed by atoms with E-state index >= 15 is 0 Å². The standard InChI is InChI=1S/C15H17Cl2N3O/c1-9(16)14-19-12-4-2-3-11(17)13(12)20(14)8-7-18-15(21)10-5-6-10/h2-4,9-10H,5-8H2,1H3,(H,18,21). The fourth-order valence-electron chi connectivity index (χ4n) is 2.47. The van der Waals surface area contributed by atoms with Gasteiger partial charge in [-0.1, -0.05) is 17.7 Å². The number of imidazole rings is 1.